The van der Waals surface area contributed by atoms with Crippen molar-refractivity contribution >= 4 is 22.6 Å². The van der Waals surface area contributed by atoms with Gasteiger partial charge in [0.25, 0.3) is 0 Å². The van der Waals surface area contributed by atoms with Crippen molar-refractivity contribution in [2.24, 2.45) is 0 Å². The molecule has 0 saturated carbocycles. The third kappa shape index (κ3) is 5.67. The van der Waals surface area contributed by atoms with Gasteiger partial charge in [0.15, 0.2) is 0 Å². The Hall–Kier alpha value is -4.63. The molecule has 6 rings (SSSR count). The lowest BCUT2D eigenvalue weighted by molar-refractivity contribution is -0.138. The first-order valence-corrected chi connectivity index (χ1v) is 14.1. The fourth-order valence-corrected chi connectivity index (χ4v) is 5.80. The number of aliphatic carboxylic acids is 1. The van der Waals surface area contributed by atoms with Crippen molar-refractivity contribution in [1.82, 2.24) is 30.5 Å². The summed E-state index contributed by atoms with van der Waals surface area (Å²) in [5, 5.41) is 25.7. The average Bonchev–Trinajstić information content (AvgIpc) is 3.71. The van der Waals surface area contributed by atoms with E-state index in [4.69, 9.17) is 0 Å². The van der Waals surface area contributed by atoms with Crippen molar-refractivity contribution in [1.29, 1.82) is 0 Å². The lowest BCUT2D eigenvalue weighted by atomic mass is 9.98. The minimum Gasteiger partial charge on any atom is -0.480 e. The van der Waals surface area contributed by atoms with Crippen LogP contribution in [-0.4, -0.2) is 66.8 Å². The molecule has 2 N–H and O–H groups in total. The number of para-hydroxylation sites is 1. The summed E-state index contributed by atoms with van der Waals surface area (Å²) in [4.78, 5) is 21.5. The largest absolute Gasteiger partial charge is 0.480 e. The molecule has 0 amide bonds. The zero-order chi connectivity index (χ0) is 28.2. The van der Waals surface area contributed by atoms with Crippen LogP contribution in [0.15, 0.2) is 85.1 Å². The smallest absolute Gasteiger partial charge is 0.326 e. The number of rotatable bonds is 10. The molecule has 1 aliphatic heterocycles. The Morgan fingerprint density at radius 1 is 1.05 bits per heavy atom. The fourth-order valence-electron chi connectivity index (χ4n) is 5.80. The lowest BCUT2D eigenvalue weighted by Crippen LogP contribution is -2.38. The van der Waals surface area contributed by atoms with E-state index >= 15 is 0 Å². The quantitative estimate of drug-likeness (QED) is 0.239. The molecule has 9 nitrogen and oxygen atoms in total. The number of aromatic amines is 1. The van der Waals surface area contributed by atoms with E-state index < -0.39 is 12.0 Å². The van der Waals surface area contributed by atoms with Crippen LogP contribution in [0.3, 0.4) is 0 Å². The SMILES string of the molecule is CCCCN(Cc1ccc(-c2ccccc2-c2nn[nH]n2)cc1)C1CC(C(=O)O)N(c2cnc3ccccc3c2)C1. The summed E-state index contributed by atoms with van der Waals surface area (Å²) in [6, 6.07) is 26.2. The molecule has 208 valence electrons. The summed E-state index contributed by atoms with van der Waals surface area (Å²) < 4.78 is 0. The van der Waals surface area contributed by atoms with Gasteiger partial charge in [-0.3, -0.25) is 9.88 Å². The number of nitrogens with zero attached hydrogens (tertiary/aromatic N) is 6. The van der Waals surface area contributed by atoms with Crippen LogP contribution in [0.1, 0.15) is 31.7 Å². The molecule has 3 aromatic carbocycles. The summed E-state index contributed by atoms with van der Waals surface area (Å²) >= 11 is 0. The second-order valence-electron chi connectivity index (χ2n) is 10.6. The number of tetrazole rings is 1. The predicted octanol–water partition coefficient (Wildman–Crippen LogP) is 5.42. The van der Waals surface area contributed by atoms with Crippen LogP contribution in [-0.2, 0) is 11.3 Å². The van der Waals surface area contributed by atoms with Crippen molar-refractivity contribution in [3.63, 3.8) is 0 Å². The van der Waals surface area contributed by atoms with Gasteiger partial charge in [-0.2, -0.15) is 5.21 Å². The van der Waals surface area contributed by atoms with Gasteiger partial charge in [0, 0.05) is 30.1 Å². The summed E-state index contributed by atoms with van der Waals surface area (Å²) in [5.74, 6) is -0.225. The first-order chi connectivity index (χ1) is 20.1. The number of carboxylic acids is 1. The Kier molecular flexibility index (Phi) is 7.69. The van der Waals surface area contributed by atoms with E-state index in [2.05, 4.69) is 73.8 Å². The molecule has 0 spiro atoms. The Balaban J connectivity index is 1.23. The van der Waals surface area contributed by atoms with Crippen LogP contribution in [0, 0.1) is 0 Å². The average molecular weight is 548 g/mol. The van der Waals surface area contributed by atoms with Gasteiger partial charge >= 0.3 is 5.97 Å². The van der Waals surface area contributed by atoms with E-state index in [9.17, 15) is 9.90 Å². The monoisotopic (exact) mass is 547 g/mol. The van der Waals surface area contributed by atoms with Gasteiger partial charge in [-0.25, -0.2) is 4.79 Å². The first-order valence-electron chi connectivity index (χ1n) is 14.1. The van der Waals surface area contributed by atoms with Gasteiger partial charge in [0.2, 0.25) is 5.82 Å². The van der Waals surface area contributed by atoms with E-state index in [0.29, 0.717) is 18.8 Å². The molecule has 2 aromatic heterocycles. The lowest BCUT2D eigenvalue weighted by Gasteiger charge is -2.29. The number of unbranched alkanes of at least 4 members (excludes halogenated alkanes) is 1. The second kappa shape index (κ2) is 11.9. The van der Waals surface area contributed by atoms with Crippen LogP contribution in [0.4, 0.5) is 5.69 Å². The van der Waals surface area contributed by atoms with Gasteiger partial charge in [0.05, 0.1) is 17.4 Å². The van der Waals surface area contributed by atoms with Crippen molar-refractivity contribution in [2.45, 2.75) is 44.8 Å². The van der Waals surface area contributed by atoms with Gasteiger partial charge in [-0.15, -0.1) is 10.2 Å². The maximum atomic E-state index is 12.4. The van der Waals surface area contributed by atoms with E-state index in [1.807, 2.05) is 53.6 Å². The zero-order valence-electron chi connectivity index (χ0n) is 23.0. The third-order valence-corrected chi connectivity index (χ3v) is 7.95. The molecule has 1 saturated heterocycles. The number of anilines is 1. The maximum absolute atomic E-state index is 12.4. The van der Waals surface area contributed by atoms with E-state index in [1.165, 1.54) is 5.56 Å². The topological polar surface area (TPSA) is 111 Å². The number of benzene rings is 3. The number of hydrogen-bond donors (Lipinski definition) is 2. The molecule has 0 aliphatic carbocycles. The number of carbonyl (C=O) groups is 1. The Morgan fingerprint density at radius 3 is 2.59 bits per heavy atom. The minimum atomic E-state index is -0.791. The van der Waals surface area contributed by atoms with Crippen LogP contribution >= 0.6 is 0 Å². The highest BCUT2D eigenvalue weighted by atomic mass is 16.4. The normalized spacial score (nSPS) is 17.0. The highest BCUT2D eigenvalue weighted by Crippen LogP contribution is 2.32. The van der Waals surface area contributed by atoms with Crippen molar-refractivity contribution in [3.05, 3.63) is 90.6 Å². The van der Waals surface area contributed by atoms with Crippen LogP contribution in [0.2, 0.25) is 0 Å². The molecule has 9 heteroatoms. The standard InChI is InChI=1S/C32H33N7O2/c1-2-3-16-38(20-22-12-14-23(15-13-22)27-9-5-6-10-28(27)31-34-36-37-35-31)26-18-30(32(40)41)39(21-26)25-17-24-8-4-7-11-29(24)33-19-25/h4-15,17,19,26,30H,2-3,16,18,20-21H2,1H3,(H,40,41)(H,34,35,36,37). The summed E-state index contributed by atoms with van der Waals surface area (Å²) in [6.45, 7) is 4.51. The van der Waals surface area contributed by atoms with Gasteiger partial charge < -0.3 is 10.0 Å². The number of pyridine rings is 1. The second-order valence-corrected chi connectivity index (χ2v) is 10.6. The summed E-state index contributed by atoms with van der Waals surface area (Å²) in [5.41, 5.74) is 6.01. The zero-order valence-corrected chi connectivity index (χ0v) is 23.0. The van der Waals surface area contributed by atoms with E-state index in [0.717, 1.165) is 59.2 Å². The highest BCUT2D eigenvalue weighted by Gasteiger charge is 2.39. The number of aromatic nitrogens is 5. The fraction of sp³-hybridized carbons (Fsp3) is 0.281. The Bertz CT molecular complexity index is 1620. The number of fused-ring (bicyclic) bond motifs is 1. The predicted molar refractivity (Wildman–Crippen MR) is 159 cm³/mol. The molecule has 3 heterocycles. The van der Waals surface area contributed by atoms with Crippen LogP contribution in [0.5, 0.6) is 0 Å². The number of carboxylic acid groups (broad SMARTS) is 1. The molecule has 5 aromatic rings. The van der Waals surface area contributed by atoms with Crippen molar-refractivity contribution in [3.8, 4) is 22.5 Å². The Morgan fingerprint density at radius 2 is 1.83 bits per heavy atom. The maximum Gasteiger partial charge on any atom is 0.326 e. The van der Waals surface area contributed by atoms with E-state index in [1.54, 1.807) is 0 Å². The molecule has 41 heavy (non-hydrogen) atoms. The van der Waals surface area contributed by atoms with E-state index in [-0.39, 0.29) is 6.04 Å². The molecule has 0 bridgehead atoms. The molecule has 2 atom stereocenters. The summed E-state index contributed by atoms with van der Waals surface area (Å²) in [6.07, 6.45) is 4.52. The summed E-state index contributed by atoms with van der Waals surface area (Å²) in [7, 11) is 0. The molecule has 1 fully saturated rings. The highest BCUT2D eigenvalue weighted by molar-refractivity contribution is 5.84. The molecular formula is C32H33N7O2. The van der Waals surface area contributed by atoms with Crippen molar-refractivity contribution in [2.75, 3.05) is 18.0 Å². The van der Waals surface area contributed by atoms with Gasteiger partial charge in [-0.05, 0) is 53.4 Å². The molecule has 1 aliphatic rings. The number of nitrogens with one attached hydrogen (secondary N) is 1. The Labute approximate surface area is 238 Å². The van der Waals surface area contributed by atoms with Gasteiger partial charge in [-0.1, -0.05) is 80.1 Å². The minimum absolute atomic E-state index is 0.118. The van der Waals surface area contributed by atoms with Crippen LogP contribution < -0.4 is 4.90 Å². The van der Waals surface area contributed by atoms with Gasteiger partial charge in [0.1, 0.15) is 6.04 Å². The van der Waals surface area contributed by atoms with Crippen LogP contribution in [0.25, 0.3) is 33.4 Å². The van der Waals surface area contributed by atoms with Crippen molar-refractivity contribution < 1.29 is 9.90 Å². The molecule has 2 unspecified atom stereocenters. The molecular weight excluding hydrogens is 514 g/mol. The first kappa shape index (κ1) is 26.6. The third-order valence-electron chi connectivity index (χ3n) is 7.95. The molecule has 0 radical (unpaired) electrons. The number of hydrogen-bond acceptors (Lipinski definition) is 7. The number of H-pyrrole nitrogens is 1.